The smallest absolute Gasteiger partial charge is 0.178 e. The van der Waals surface area contributed by atoms with Crippen molar-refractivity contribution >= 4 is 11.6 Å². The van der Waals surface area contributed by atoms with Crippen LogP contribution < -0.4 is 0 Å². The average Bonchev–Trinajstić information content (AvgIpc) is 2.88. The number of carbonyl (C=O) groups excluding carboxylic acids is 2. The molecule has 4 aliphatic carbocycles. The maximum absolute atomic E-state index is 12.5. The molecule has 4 rings (SSSR count). The SMILES string of the molecule is CC(C)(C)OO[C@]12C=CC(=O)C=C1CC[C@H]1[C@@H]3CCC(=O)[C@@]3(C)CC[C@@H]12. The molecule has 0 unspecified atom stereocenters. The summed E-state index contributed by atoms with van der Waals surface area (Å²) in [6.07, 6.45) is 10.7. The molecule has 0 aromatic heterocycles. The molecule has 0 saturated heterocycles. The quantitative estimate of drug-likeness (QED) is 0.544. The van der Waals surface area contributed by atoms with Gasteiger partial charge >= 0.3 is 0 Å². The lowest BCUT2D eigenvalue weighted by Crippen LogP contribution is -2.55. The van der Waals surface area contributed by atoms with Crippen LogP contribution in [0.5, 0.6) is 0 Å². The molecule has 3 saturated carbocycles. The molecule has 142 valence electrons. The monoisotopic (exact) mass is 358 g/mol. The molecule has 0 aromatic rings. The van der Waals surface area contributed by atoms with Crippen molar-refractivity contribution in [1.82, 2.24) is 0 Å². The molecule has 0 aliphatic heterocycles. The van der Waals surface area contributed by atoms with Gasteiger partial charge in [-0.1, -0.05) is 6.92 Å². The number of hydrogen-bond acceptors (Lipinski definition) is 4. The van der Waals surface area contributed by atoms with Gasteiger partial charge in [-0.25, -0.2) is 9.78 Å². The van der Waals surface area contributed by atoms with E-state index in [0.29, 0.717) is 24.0 Å². The zero-order chi connectivity index (χ0) is 18.7. The first-order valence-corrected chi connectivity index (χ1v) is 10.0. The highest BCUT2D eigenvalue weighted by atomic mass is 17.2. The fourth-order valence-electron chi connectivity index (χ4n) is 5.93. The average molecular weight is 358 g/mol. The Morgan fingerprint density at radius 3 is 2.58 bits per heavy atom. The normalized spacial score (nSPS) is 42.2. The van der Waals surface area contributed by atoms with Crippen molar-refractivity contribution in [2.24, 2.45) is 23.2 Å². The predicted molar refractivity (Wildman–Crippen MR) is 98.2 cm³/mol. The molecule has 5 atom stereocenters. The van der Waals surface area contributed by atoms with Crippen LogP contribution in [0.2, 0.25) is 0 Å². The van der Waals surface area contributed by atoms with Crippen molar-refractivity contribution in [3.05, 3.63) is 23.8 Å². The molecule has 3 fully saturated rings. The van der Waals surface area contributed by atoms with E-state index in [-0.39, 0.29) is 17.1 Å². The molecule has 4 heteroatoms. The zero-order valence-corrected chi connectivity index (χ0v) is 16.3. The van der Waals surface area contributed by atoms with Crippen molar-refractivity contribution in [2.45, 2.75) is 77.4 Å². The van der Waals surface area contributed by atoms with Gasteiger partial charge in [0.15, 0.2) is 5.78 Å². The van der Waals surface area contributed by atoms with Gasteiger partial charge in [0.25, 0.3) is 0 Å². The Bertz CT molecular complexity index is 697. The van der Waals surface area contributed by atoms with Crippen molar-refractivity contribution < 1.29 is 19.4 Å². The van der Waals surface area contributed by atoms with Crippen LogP contribution in [0.1, 0.15) is 66.2 Å². The fourth-order valence-corrected chi connectivity index (χ4v) is 5.93. The Kier molecular flexibility index (Phi) is 4.09. The molecule has 4 aliphatic rings. The van der Waals surface area contributed by atoms with Crippen LogP contribution in [0, 0.1) is 23.2 Å². The van der Waals surface area contributed by atoms with E-state index < -0.39 is 11.2 Å². The first-order chi connectivity index (χ1) is 12.2. The van der Waals surface area contributed by atoms with Crippen molar-refractivity contribution in [2.75, 3.05) is 0 Å². The molecular formula is C22H30O4. The third kappa shape index (κ3) is 2.65. The van der Waals surface area contributed by atoms with Gasteiger partial charge in [-0.3, -0.25) is 9.59 Å². The number of allylic oxidation sites excluding steroid dienone is 2. The Morgan fingerprint density at radius 1 is 1.08 bits per heavy atom. The van der Waals surface area contributed by atoms with E-state index in [0.717, 1.165) is 37.7 Å². The summed E-state index contributed by atoms with van der Waals surface area (Å²) < 4.78 is 0. The molecule has 0 bridgehead atoms. The van der Waals surface area contributed by atoms with Gasteiger partial charge in [0.1, 0.15) is 11.4 Å². The van der Waals surface area contributed by atoms with E-state index in [9.17, 15) is 9.59 Å². The van der Waals surface area contributed by atoms with Crippen LogP contribution in [0.25, 0.3) is 0 Å². The topological polar surface area (TPSA) is 52.6 Å². The second kappa shape index (κ2) is 5.87. The Labute approximate surface area is 155 Å². The van der Waals surface area contributed by atoms with Gasteiger partial charge in [-0.2, -0.15) is 0 Å². The maximum Gasteiger partial charge on any atom is 0.178 e. The van der Waals surface area contributed by atoms with E-state index in [1.54, 1.807) is 12.2 Å². The summed E-state index contributed by atoms with van der Waals surface area (Å²) >= 11 is 0. The molecule has 0 radical (unpaired) electrons. The lowest BCUT2D eigenvalue weighted by Gasteiger charge is -2.55. The minimum absolute atomic E-state index is 0.0325. The largest absolute Gasteiger partial charge is 0.299 e. The van der Waals surface area contributed by atoms with E-state index in [1.165, 1.54) is 0 Å². The summed E-state index contributed by atoms with van der Waals surface area (Å²) in [5, 5.41) is 0. The molecule has 0 amide bonds. The Balaban J connectivity index is 1.71. The summed E-state index contributed by atoms with van der Waals surface area (Å²) in [7, 11) is 0. The van der Waals surface area contributed by atoms with E-state index >= 15 is 0 Å². The number of carbonyl (C=O) groups is 2. The van der Waals surface area contributed by atoms with Crippen LogP contribution in [0.15, 0.2) is 23.8 Å². The molecule has 26 heavy (non-hydrogen) atoms. The van der Waals surface area contributed by atoms with E-state index in [2.05, 4.69) is 6.92 Å². The Hall–Kier alpha value is -1.26. The van der Waals surface area contributed by atoms with Gasteiger partial charge in [-0.05, 0) is 88.5 Å². The highest BCUT2D eigenvalue weighted by Gasteiger charge is 2.61. The van der Waals surface area contributed by atoms with E-state index in [1.807, 2.05) is 26.8 Å². The molecule has 0 spiro atoms. The molecule has 4 nitrogen and oxygen atoms in total. The van der Waals surface area contributed by atoms with Gasteiger partial charge in [0.05, 0.1) is 5.60 Å². The lowest BCUT2D eigenvalue weighted by atomic mass is 9.51. The summed E-state index contributed by atoms with van der Waals surface area (Å²) in [4.78, 5) is 36.5. The predicted octanol–water partition coefficient (Wildman–Crippen LogP) is 4.34. The summed E-state index contributed by atoms with van der Waals surface area (Å²) in [5.41, 5.74) is -0.197. The summed E-state index contributed by atoms with van der Waals surface area (Å²) in [6, 6.07) is 0. The number of Topliss-reactive ketones (excluding diaryl/α,β-unsaturated/α-hetero) is 1. The van der Waals surface area contributed by atoms with Crippen LogP contribution >= 0.6 is 0 Å². The van der Waals surface area contributed by atoms with E-state index in [4.69, 9.17) is 9.78 Å². The standard InChI is InChI=1S/C22H30O4/c1-20(2,3)25-26-22-12-9-15(23)13-14(22)5-6-16-17-7-8-19(24)21(17,4)11-10-18(16)22/h9,12-13,16-18H,5-8,10-11H2,1-4H3/t16-,17-,18-,21-,22+/m0/s1. The second-order valence-corrected chi connectivity index (χ2v) is 9.81. The third-order valence-electron chi connectivity index (χ3n) is 7.19. The summed E-state index contributed by atoms with van der Waals surface area (Å²) in [6.45, 7) is 8.09. The lowest BCUT2D eigenvalue weighted by molar-refractivity contribution is -0.401. The van der Waals surface area contributed by atoms with Crippen LogP contribution in [-0.4, -0.2) is 22.8 Å². The first kappa shape index (κ1) is 18.1. The minimum atomic E-state index is -0.656. The van der Waals surface area contributed by atoms with Crippen LogP contribution in [0.3, 0.4) is 0 Å². The molecule has 0 heterocycles. The van der Waals surface area contributed by atoms with Gasteiger partial charge in [-0.15, -0.1) is 0 Å². The highest BCUT2D eigenvalue weighted by molar-refractivity contribution is 6.01. The number of hydrogen-bond donors (Lipinski definition) is 0. The molecular weight excluding hydrogens is 328 g/mol. The molecule has 0 N–H and O–H groups in total. The number of ketones is 2. The van der Waals surface area contributed by atoms with Gasteiger partial charge < -0.3 is 0 Å². The van der Waals surface area contributed by atoms with Crippen molar-refractivity contribution in [1.29, 1.82) is 0 Å². The second-order valence-electron chi connectivity index (χ2n) is 9.81. The Morgan fingerprint density at radius 2 is 1.85 bits per heavy atom. The van der Waals surface area contributed by atoms with Gasteiger partial charge in [0, 0.05) is 17.8 Å². The van der Waals surface area contributed by atoms with Crippen LogP contribution in [-0.2, 0) is 19.4 Å². The third-order valence-corrected chi connectivity index (χ3v) is 7.19. The van der Waals surface area contributed by atoms with Crippen LogP contribution in [0.4, 0.5) is 0 Å². The minimum Gasteiger partial charge on any atom is -0.299 e. The fraction of sp³-hybridized carbons (Fsp3) is 0.727. The van der Waals surface area contributed by atoms with Crippen molar-refractivity contribution in [3.63, 3.8) is 0 Å². The highest BCUT2D eigenvalue weighted by Crippen LogP contribution is 2.62. The maximum atomic E-state index is 12.5. The molecule has 0 aromatic carbocycles. The van der Waals surface area contributed by atoms with Crippen molar-refractivity contribution in [3.8, 4) is 0 Å². The number of rotatable bonds is 2. The summed E-state index contributed by atoms with van der Waals surface area (Å²) in [5.74, 6) is 1.61. The number of fused-ring (bicyclic) bond motifs is 5. The van der Waals surface area contributed by atoms with Gasteiger partial charge in [0.2, 0.25) is 0 Å². The first-order valence-electron chi connectivity index (χ1n) is 10.0. The zero-order valence-electron chi connectivity index (χ0n) is 16.3.